The largest absolute Gasteiger partial charge is 0.497 e. The lowest BCUT2D eigenvalue weighted by molar-refractivity contribution is 0.258. The summed E-state index contributed by atoms with van der Waals surface area (Å²) in [7, 11) is 3.44. The number of ether oxygens (including phenoxy) is 2. The normalized spacial score (nSPS) is 13.8. The van der Waals surface area contributed by atoms with Crippen LogP contribution in [0.5, 0.6) is 11.5 Å². The second-order valence-electron chi connectivity index (χ2n) is 6.74. The molecule has 0 saturated heterocycles. The summed E-state index contributed by atoms with van der Waals surface area (Å²) < 4.78 is 10.9. The molecule has 0 amide bonds. The highest BCUT2D eigenvalue weighted by atomic mass is 127. The zero-order valence-corrected chi connectivity index (χ0v) is 19.5. The van der Waals surface area contributed by atoms with Gasteiger partial charge in [0.05, 0.1) is 13.7 Å². The third-order valence-electron chi connectivity index (χ3n) is 4.88. The van der Waals surface area contributed by atoms with E-state index in [2.05, 4.69) is 44.8 Å². The Kier molecular flexibility index (Phi) is 10.1. The smallest absolute Gasteiger partial charge is 0.191 e. The zero-order valence-electron chi connectivity index (χ0n) is 17.2. The first kappa shape index (κ1) is 23.3. The quantitative estimate of drug-likeness (QED) is 0.248. The topological polar surface area (TPSA) is 58.1 Å². The fourth-order valence-corrected chi connectivity index (χ4v) is 3.31. The van der Waals surface area contributed by atoms with Crippen molar-refractivity contribution in [3.8, 4) is 11.5 Å². The van der Waals surface area contributed by atoms with Gasteiger partial charge in [-0.3, -0.25) is 9.89 Å². The molecule has 2 aromatic rings. The van der Waals surface area contributed by atoms with Crippen LogP contribution in [-0.2, 0) is 13.0 Å². The van der Waals surface area contributed by atoms with E-state index in [1.165, 1.54) is 11.1 Å². The predicted molar refractivity (Wildman–Crippen MR) is 129 cm³/mol. The maximum absolute atomic E-state index is 5.72. The van der Waals surface area contributed by atoms with Crippen molar-refractivity contribution in [3.05, 3.63) is 59.7 Å². The molecule has 0 unspecified atom stereocenters. The number of nitrogens with zero attached hydrogens (tertiary/aromatic N) is 2. The van der Waals surface area contributed by atoms with Crippen LogP contribution in [0.15, 0.2) is 53.5 Å². The molecular formula is C22H31IN4O2. The molecule has 1 heterocycles. The number of benzene rings is 2. The van der Waals surface area contributed by atoms with E-state index in [-0.39, 0.29) is 24.0 Å². The Bertz CT molecular complexity index is 768. The summed E-state index contributed by atoms with van der Waals surface area (Å²) in [5.41, 5.74) is 2.94. The predicted octanol–water partition coefficient (Wildman–Crippen LogP) is 2.92. The molecule has 1 aliphatic rings. The Labute approximate surface area is 190 Å². The summed E-state index contributed by atoms with van der Waals surface area (Å²) in [5.74, 6) is 2.46. The van der Waals surface area contributed by atoms with Gasteiger partial charge in [0.2, 0.25) is 0 Å². The van der Waals surface area contributed by atoms with Crippen LogP contribution in [0.1, 0.15) is 11.1 Å². The van der Waals surface area contributed by atoms with Crippen molar-refractivity contribution in [1.82, 2.24) is 15.5 Å². The summed E-state index contributed by atoms with van der Waals surface area (Å²) in [5, 5.41) is 6.67. The third-order valence-corrected chi connectivity index (χ3v) is 4.88. The second kappa shape index (κ2) is 12.5. The van der Waals surface area contributed by atoms with Crippen molar-refractivity contribution in [2.24, 2.45) is 4.99 Å². The van der Waals surface area contributed by atoms with E-state index < -0.39 is 0 Å². The summed E-state index contributed by atoms with van der Waals surface area (Å²) >= 11 is 0. The van der Waals surface area contributed by atoms with Crippen LogP contribution in [0.3, 0.4) is 0 Å². The highest BCUT2D eigenvalue weighted by Crippen LogP contribution is 2.18. The number of rotatable bonds is 8. The van der Waals surface area contributed by atoms with Crippen LogP contribution in [0, 0.1) is 0 Å². The number of guanidine groups is 1. The molecule has 0 radical (unpaired) electrons. The lowest BCUT2D eigenvalue weighted by Gasteiger charge is -2.28. The monoisotopic (exact) mass is 510 g/mol. The van der Waals surface area contributed by atoms with Crippen LogP contribution in [0.4, 0.5) is 0 Å². The average Bonchev–Trinajstić information content (AvgIpc) is 2.75. The number of methoxy groups -OCH3 is 1. The lowest BCUT2D eigenvalue weighted by atomic mass is 10.00. The number of aliphatic imine (C=N–C) groups is 1. The van der Waals surface area contributed by atoms with E-state index >= 15 is 0 Å². The van der Waals surface area contributed by atoms with E-state index in [4.69, 9.17) is 9.47 Å². The zero-order chi connectivity index (χ0) is 19.6. The molecule has 0 aromatic heterocycles. The molecule has 158 valence electrons. The molecule has 0 saturated carbocycles. The maximum atomic E-state index is 5.72. The molecule has 29 heavy (non-hydrogen) atoms. The Morgan fingerprint density at radius 1 is 1.00 bits per heavy atom. The number of halogens is 1. The minimum atomic E-state index is 0. The summed E-state index contributed by atoms with van der Waals surface area (Å²) in [4.78, 5) is 6.76. The van der Waals surface area contributed by atoms with Gasteiger partial charge in [0, 0.05) is 33.2 Å². The number of hydrogen-bond acceptors (Lipinski definition) is 4. The Hall–Kier alpha value is -2.00. The van der Waals surface area contributed by atoms with Crippen molar-refractivity contribution in [1.29, 1.82) is 0 Å². The van der Waals surface area contributed by atoms with Crippen LogP contribution in [0.2, 0.25) is 0 Å². The van der Waals surface area contributed by atoms with E-state index in [0.717, 1.165) is 50.1 Å². The highest BCUT2D eigenvalue weighted by Gasteiger charge is 2.14. The summed E-state index contributed by atoms with van der Waals surface area (Å²) in [6.07, 6.45) is 1.13. The second-order valence-corrected chi connectivity index (χ2v) is 6.74. The van der Waals surface area contributed by atoms with Crippen LogP contribution in [0.25, 0.3) is 0 Å². The van der Waals surface area contributed by atoms with Gasteiger partial charge in [-0.05, 0) is 41.8 Å². The summed E-state index contributed by atoms with van der Waals surface area (Å²) in [6.45, 7) is 5.25. The maximum Gasteiger partial charge on any atom is 0.191 e. The number of hydrogen-bond donors (Lipinski definition) is 2. The van der Waals surface area contributed by atoms with Crippen molar-refractivity contribution in [2.45, 2.75) is 13.0 Å². The standard InChI is InChI=1S/C22H30N4O2.HI/c1-23-22(25-13-16-28-21-9-7-20(27-2)8-10-21)24-12-15-26-14-11-18-5-3-4-6-19(18)17-26;/h3-10H,11-17H2,1-2H3,(H2,23,24,25);1H. The molecule has 0 aliphatic carbocycles. The van der Waals surface area contributed by atoms with Gasteiger partial charge in [-0.15, -0.1) is 24.0 Å². The number of nitrogens with one attached hydrogen (secondary N) is 2. The third kappa shape index (κ3) is 7.40. The first-order chi connectivity index (χ1) is 13.8. The van der Waals surface area contributed by atoms with Crippen molar-refractivity contribution >= 4 is 29.9 Å². The lowest BCUT2D eigenvalue weighted by Crippen LogP contribution is -2.43. The SMILES string of the molecule is CN=C(NCCOc1ccc(OC)cc1)NCCN1CCc2ccccc2C1.I. The van der Waals surface area contributed by atoms with E-state index in [1.807, 2.05) is 24.3 Å². The molecule has 2 aromatic carbocycles. The summed E-state index contributed by atoms with van der Waals surface area (Å²) in [6, 6.07) is 16.3. The molecule has 2 N–H and O–H groups in total. The Morgan fingerprint density at radius 2 is 1.69 bits per heavy atom. The molecule has 3 rings (SSSR count). The molecule has 0 spiro atoms. The minimum Gasteiger partial charge on any atom is -0.497 e. The fraction of sp³-hybridized carbons (Fsp3) is 0.409. The highest BCUT2D eigenvalue weighted by molar-refractivity contribution is 14.0. The van der Waals surface area contributed by atoms with Gasteiger partial charge in [0.15, 0.2) is 5.96 Å². The van der Waals surface area contributed by atoms with Gasteiger partial charge in [0.1, 0.15) is 18.1 Å². The van der Waals surface area contributed by atoms with Gasteiger partial charge < -0.3 is 20.1 Å². The van der Waals surface area contributed by atoms with Gasteiger partial charge in [-0.2, -0.15) is 0 Å². The number of fused-ring (bicyclic) bond motifs is 1. The van der Waals surface area contributed by atoms with Gasteiger partial charge in [0.25, 0.3) is 0 Å². The minimum absolute atomic E-state index is 0. The molecule has 0 fully saturated rings. The molecular weight excluding hydrogens is 479 g/mol. The molecule has 0 atom stereocenters. The van der Waals surface area contributed by atoms with Crippen molar-refractivity contribution in [2.75, 3.05) is 46.9 Å². The van der Waals surface area contributed by atoms with E-state index in [9.17, 15) is 0 Å². The Morgan fingerprint density at radius 3 is 2.41 bits per heavy atom. The molecule has 6 nitrogen and oxygen atoms in total. The molecule has 0 bridgehead atoms. The van der Waals surface area contributed by atoms with Gasteiger partial charge >= 0.3 is 0 Å². The van der Waals surface area contributed by atoms with Crippen LogP contribution < -0.4 is 20.1 Å². The molecule has 7 heteroatoms. The van der Waals surface area contributed by atoms with E-state index in [0.29, 0.717) is 13.2 Å². The van der Waals surface area contributed by atoms with Gasteiger partial charge in [-0.1, -0.05) is 24.3 Å². The first-order valence-electron chi connectivity index (χ1n) is 9.79. The molecule has 1 aliphatic heterocycles. The first-order valence-corrected chi connectivity index (χ1v) is 9.79. The van der Waals surface area contributed by atoms with E-state index in [1.54, 1.807) is 14.2 Å². The fourth-order valence-electron chi connectivity index (χ4n) is 3.31. The average molecular weight is 510 g/mol. The Balaban J connectivity index is 0.00000300. The van der Waals surface area contributed by atoms with Gasteiger partial charge in [-0.25, -0.2) is 0 Å². The van der Waals surface area contributed by atoms with Crippen molar-refractivity contribution in [3.63, 3.8) is 0 Å². The van der Waals surface area contributed by atoms with Crippen LogP contribution in [-0.4, -0.2) is 57.8 Å². The van der Waals surface area contributed by atoms with Crippen LogP contribution >= 0.6 is 24.0 Å². The van der Waals surface area contributed by atoms with Crippen molar-refractivity contribution < 1.29 is 9.47 Å².